The van der Waals surface area contributed by atoms with Crippen molar-refractivity contribution < 1.29 is 4.74 Å². The van der Waals surface area contributed by atoms with E-state index in [1.165, 1.54) is 18.5 Å². The van der Waals surface area contributed by atoms with Gasteiger partial charge in [-0.25, -0.2) is 4.98 Å². The highest BCUT2D eigenvalue weighted by atomic mass is 35.5. The first kappa shape index (κ1) is 15.7. The van der Waals surface area contributed by atoms with E-state index in [9.17, 15) is 0 Å². The predicted molar refractivity (Wildman–Crippen MR) is 98.3 cm³/mol. The first-order valence-corrected chi connectivity index (χ1v) is 9.35. The average molecular weight is 365 g/mol. The fourth-order valence-corrected chi connectivity index (χ4v) is 3.95. The molecule has 5 nitrogen and oxygen atoms in total. The number of fused-ring (bicyclic) bond motifs is 2. The highest BCUT2D eigenvalue weighted by molar-refractivity contribution is 6.30. The molecule has 0 unspecified atom stereocenters. The van der Waals surface area contributed by atoms with Gasteiger partial charge in [0.15, 0.2) is 0 Å². The molecule has 2 aliphatic rings. The molecule has 130 valence electrons. The Bertz CT molecular complexity index is 1050. The second-order valence-corrected chi connectivity index (χ2v) is 7.43. The lowest BCUT2D eigenvalue weighted by atomic mass is 9.92. The summed E-state index contributed by atoms with van der Waals surface area (Å²) in [5.41, 5.74) is 4.54. The number of aryl methyl sites for hydroxylation is 1. The molecule has 1 fully saturated rings. The van der Waals surface area contributed by atoms with Crippen molar-refractivity contribution in [2.75, 3.05) is 0 Å². The number of pyridine rings is 1. The lowest BCUT2D eigenvalue weighted by molar-refractivity contribution is 0.178. The van der Waals surface area contributed by atoms with E-state index in [1.807, 2.05) is 18.2 Å². The summed E-state index contributed by atoms with van der Waals surface area (Å²) in [5, 5.41) is 18.1. The first-order chi connectivity index (χ1) is 12.7. The lowest BCUT2D eigenvalue weighted by Crippen LogP contribution is -2.17. The van der Waals surface area contributed by atoms with Gasteiger partial charge in [-0.15, -0.1) is 0 Å². The van der Waals surface area contributed by atoms with Crippen LogP contribution in [0.1, 0.15) is 60.2 Å². The van der Waals surface area contributed by atoms with Crippen LogP contribution in [-0.4, -0.2) is 15.2 Å². The Morgan fingerprint density at radius 1 is 1.23 bits per heavy atom. The number of nitrogens with one attached hydrogen (secondary N) is 1. The summed E-state index contributed by atoms with van der Waals surface area (Å²) < 4.78 is 6.30. The van der Waals surface area contributed by atoms with Crippen LogP contribution < -0.4 is 4.74 Å². The number of aromatic nitrogens is 3. The van der Waals surface area contributed by atoms with Gasteiger partial charge in [0, 0.05) is 17.0 Å². The SMILES string of the molecule is N#Cc1cc2c(nc1Cl)[C@@H](Oc1ccc3n[nH]c(C4CC4)c3c1)CCC2. The maximum atomic E-state index is 9.16. The van der Waals surface area contributed by atoms with E-state index < -0.39 is 0 Å². The van der Waals surface area contributed by atoms with Crippen LogP contribution in [0.5, 0.6) is 5.75 Å². The molecule has 0 aliphatic heterocycles. The summed E-state index contributed by atoms with van der Waals surface area (Å²) in [5.74, 6) is 1.43. The van der Waals surface area contributed by atoms with Crippen LogP contribution >= 0.6 is 11.6 Å². The third-order valence-corrected chi connectivity index (χ3v) is 5.53. The molecule has 2 heterocycles. The van der Waals surface area contributed by atoms with Crippen LogP contribution in [-0.2, 0) is 6.42 Å². The van der Waals surface area contributed by atoms with Crippen molar-refractivity contribution in [1.82, 2.24) is 15.2 Å². The maximum Gasteiger partial charge on any atom is 0.147 e. The zero-order valence-corrected chi connectivity index (χ0v) is 14.9. The van der Waals surface area contributed by atoms with Gasteiger partial charge in [0.05, 0.1) is 16.8 Å². The van der Waals surface area contributed by atoms with Crippen LogP contribution in [0.2, 0.25) is 5.15 Å². The van der Waals surface area contributed by atoms with Crippen molar-refractivity contribution in [3.8, 4) is 11.8 Å². The van der Waals surface area contributed by atoms with E-state index in [0.29, 0.717) is 11.5 Å². The number of ether oxygens (including phenoxy) is 1. The van der Waals surface area contributed by atoms with Gasteiger partial charge in [-0.1, -0.05) is 11.6 Å². The number of nitriles is 1. The molecule has 6 heteroatoms. The van der Waals surface area contributed by atoms with E-state index in [2.05, 4.69) is 27.3 Å². The third kappa shape index (κ3) is 2.62. The number of rotatable bonds is 3. The number of hydrogen-bond donors (Lipinski definition) is 1. The Hall–Kier alpha value is -2.58. The van der Waals surface area contributed by atoms with Crippen LogP contribution in [0.3, 0.4) is 0 Å². The molecular weight excluding hydrogens is 348 g/mol. The Morgan fingerprint density at radius 3 is 2.92 bits per heavy atom. The molecule has 5 rings (SSSR count). The summed E-state index contributed by atoms with van der Waals surface area (Å²) in [4.78, 5) is 4.47. The molecule has 3 aromatic rings. The van der Waals surface area contributed by atoms with Crippen molar-refractivity contribution in [2.24, 2.45) is 0 Å². The Labute approximate surface area is 156 Å². The van der Waals surface area contributed by atoms with E-state index in [1.54, 1.807) is 0 Å². The lowest BCUT2D eigenvalue weighted by Gasteiger charge is -2.25. The zero-order valence-electron chi connectivity index (χ0n) is 14.1. The standard InChI is InChI=1S/C20H17ClN4O/c21-20-13(10-22)8-12-2-1-3-17(19(12)23-20)26-14-6-7-16-15(9-14)18(25-24-16)11-4-5-11/h6-9,11,17H,1-5H2,(H,24,25)/t17-/m0/s1. The van der Waals surface area contributed by atoms with Crippen LogP contribution in [0, 0.1) is 11.3 Å². The molecule has 1 saturated carbocycles. The molecule has 0 radical (unpaired) electrons. The summed E-state index contributed by atoms with van der Waals surface area (Å²) in [6.45, 7) is 0. The zero-order chi connectivity index (χ0) is 17.7. The molecular formula is C20H17ClN4O. The number of hydrogen-bond acceptors (Lipinski definition) is 4. The topological polar surface area (TPSA) is 74.6 Å². The molecule has 0 spiro atoms. The van der Waals surface area contributed by atoms with Gasteiger partial charge >= 0.3 is 0 Å². The minimum Gasteiger partial charge on any atom is -0.484 e. The van der Waals surface area contributed by atoms with Gasteiger partial charge in [0.2, 0.25) is 0 Å². The molecule has 1 N–H and O–H groups in total. The van der Waals surface area contributed by atoms with Crippen molar-refractivity contribution in [3.05, 3.63) is 51.9 Å². The maximum absolute atomic E-state index is 9.16. The summed E-state index contributed by atoms with van der Waals surface area (Å²) in [6, 6.07) is 9.99. The van der Waals surface area contributed by atoms with Crippen molar-refractivity contribution in [1.29, 1.82) is 5.26 Å². The fourth-order valence-electron chi connectivity index (χ4n) is 3.76. The second-order valence-electron chi connectivity index (χ2n) is 7.07. The Kier molecular flexibility index (Phi) is 3.61. The molecule has 1 atom stereocenters. The predicted octanol–water partition coefficient (Wildman–Crippen LogP) is 4.82. The number of H-pyrrole nitrogens is 1. The van der Waals surface area contributed by atoms with E-state index in [0.717, 1.165) is 47.2 Å². The average Bonchev–Trinajstić information content (AvgIpc) is 3.41. The molecule has 0 bridgehead atoms. The van der Waals surface area contributed by atoms with Crippen LogP contribution in [0.15, 0.2) is 24.3 Å². The van der Waals surface area contributed by atoms with Gasteiger partial charge < -0.3 is 4.74 Å². The normalized spacial score (nSPS) is 19.2. The summed E-state index contributed by atoms with van der Waals surface area (Å²) in [6.07, 6.45) is 5.11. The van der Waals surface area contributed by atoms with Gasteiger partial charge in [0.1, 0.15) is 23.1 Å². The summed E-state index contributed by atoms with van der Waals surface area (Å²) in [7, 11) is 0. The molecule has 2 aliphatic carbocycles. The van der Waals surface area contributed by atoms with Gasteiger partial charge in [0.25, 0.3) is 0 Å². The van der Waals surface area contributed by atoms with E-state index >= 15 is 0 Å². The van der Waals surface area contributed by atoms with Crippen molar-refractivity contribution in [2.45, 2.75) is 44.1 Å². The van der Waals surface area contributed by atoms with Gasteiger partial charge in [-0.2, -0.15) is 10.4 Å². The monoisotopic (exact) mass is 364 g/mol. The molecule has 1 aromatic carbocycles. The largest absolute Gasteiger partial charge is 0.484 e. The number of aromatic amines is 1. The van der Waals surface area contributed by atoms with Gasteiger partial charge in [-0.3, -0.25) is 5.10 Å². The fraction of sp³-hybridized carbons (Fsp3) is 0.350. The highest BCUT2D eigenvalue weighted by Crippen LogP contribution is 2.43. The van der Waals surface area contributed by atoms with Crippen molar-refractivity contribution >= 4 is 22.5 Å². The molecule has 26 heavy (non-hydrogen) atoms. The smallest absolute Gasteiger partial charge is 0.147 e. The minimum absolute atomic E-state index is 0.141. The first-order valence-electron chi connectivity index (χ1n) is 8.97. The Balaban J connectivity index is 1.49. The number of benzene rings is 1. The highest BCUT2D eigenvalue weighted by Gasteiger charge is 2.28. The van der Waals surface area contributed by atoms with Crippen LogP contribution in [0.25, 0.3) is 10.9 Å². The second kappa shape index (κ2) is 6.00. The Morgan fingerprint density at radius 2 is 2.12 bits per heavy atom. The summed E-state index contributed by atoms with van der Waals surface area (Å²) >= 11 is 6.15. The molecule has 0 saturated heterocycles. The minimum atomic E-state index is -0.141. The molecule has 0 amide bonds. The van der Waals surface area contributed by atoms with Crippen LogP contribution in [0.4, 0.5) is 0 Å². The van der Waals surface area contributed by atoms with E-state index in [4.69, 9.17) is 21.6 Å². The quantitative estimate of drug-likeness (QED) is 0.676. The third-order valence-electron chi connectivity index (χ3n) is 5.25. The molecule has 2 aromatic heterocycles. The van der Waals surface area contributed by atoms with Crippen molar-refractivity contribution in [3.63, 3.8) is 0 Å². The van der Waals surface area contributed by atoms with E-state index in [-0.39, 0.29) is 11.3 Å². The number of nitrogens with zero attached hydrogens (tertiary/aromatic N) is 3. The number of halogens is 1. The van der Waals surface area contributed by atoms with Gasteiger partial charge in [-0.05, 0) is 61.9 Å².